The zero-order valence-electron chi connectivity index (χ0n) is 10.9. The summed E-state index contributed by atoms with van der Waals surface area (Å²) in [5, 5.41) is 0. The standard InChI is InChI=1S/C16H16N2O/c1-2-19-16-17-14-10-6-7-11-15(14)18(16)12-13-8-4-3-5-9-13/h3-11H,2,12H2,1H3. The highest BCUT2D eigenvalue weighted by atomic mass is 16.5. The average Bonchev–Trinajstić information content (AvgIpc) is 2.79. The Hall–Kier alpha value is -2.29. The molecule has 3 nitrogen and oxygen atoms in total. The fraction of sp³-hybridized carbons (Fsp3) is 0.188. The van der Waals surface area contributed by atoms with Crippen LogP contribution in [0.25, 0.3) is 11.0 Å². The first kappa shape index (κ1) is 11.8. The molecule has 19 heavy (non-hydrogen) atoms. The largest absolute Gasteiger partial charge is 0.465 e. The van der Waals surface area contributed by atoms with E-state index in [2.05, 4.69) is 39.9 Å². The van der Waals surface area contributed by atoms with Crippen molar-refractivity contribution in [2.24, 2.45) is 0 Å². The van der Waals surface area contributed by atoms with E-state index in [4.69, 9.17) is 4.74 Å². The van der Waals surface area contributed by atoms with Crippen molar-refractivity contribution >= 4 is 11.0 Å². The van der Waals surface area contributed by atoms with Gasteiger partial charge in [-0.05, 0) is 24.6 Å². The lowest BCUT2D eigenvalue weighted by Crippen LogP contribution is -2.04. The van der Waals surface area contributed by atoms with Gasteiger partial charge in [-0.3, -0.25) is 4.57 Å². The number of fused-ring (bicyclic) bond motifs is 1. The molecule has 0 aliphatic carbocycles. The van der Waals surface area contributed by atoms with Gasteiger partial charge in [-0.1, -0.05) is 42.5 Å². The Morgan fingerprint density at radius 3 is 2.53 bits per heavy atom. The van der Waals surface area contributed by atoms with Crippen molar-refractivity contribution in [2.75, 3.05) is 6.61 Å². The van der Waals surface area contributed by atoms with E-state index in [1.54, 1.807) is 0 Å². The van der Waals surface area contributed by atoms with E-state index < -0.39 is 0 Å². The minimum absolute atomic E-state index is 0.623. The van der Waals surface area contributed by atoms with Crippen LogP contribution in [0.5, 0.6) is 6.01 Å². The molecule has 2 aromatic carbocycles. The smallest absolute Gasteiger partial charge is 0.297 e. The van der Waals surface area contributed by atoms with Crippen LogP contribution in [0, 0.1) is 0 Å². The highest BCUT2D eigenvalue weighted by Gasteiger charge is 2.11. The summed E-state index contributed by atoms with van der Waals surface area (Å²) in [4.78, 5) is 4.54. The van der Waals surface area contributed by atoms with Crippen molar-refractivity contribution in [2.45, 2.75) is 13.5 Å². The lowest BCUT2D eigenvalue weighted by atomic mass is 10.2. The predicted octanol–water partition coefficient (Wildman–Crippen LogP) is 3.48. The lowest BCUT2D eigenvalue weighted by Gasteiger charge is -2.09. The molecule has 0 saturated heterocycles. The summed E-state index contributed by atoms with van der Waals surface area (Å²) in [5.74, 6) is 0. The van der Waals surface area contributed by atoms with Crippen LogP contribution in [0.2, 0.25) is 0 Å². The molecular weight excluding hydrogens is 236 g/mol. The van der Waals surface area contributed by atoms with Crippen LogP contribution in [0.4, 0.5) is 0 Å². The maximum atomic E-state index is 5.65. The first-order valence-electron chi connectivity index (χ1n) is 6.50. The van der Waals surface area contributed by atoms with Gasteiger partial charge >= 0.3 is 0 Å². The molecule has 96 valence electrons. The maximum Gasteiger partial charge on any atom is 0.297 e. The normalized spacial score (nSPS) is 10.8. The van der Waals surface area contributed by atoms with Crippen LogP contribution >= 0.6 is 0 Å². The number of ether oxygens (including phenoxy) is 1. The summed E-state index contributed by atoms with van der Waals surface area (Å²) in [6, 6.07) is 19.2. The molecule has 1 heterocycles. The first-order valence-corrected chi connectivity index (χ1v) is 6.50. The molecule has 3 rings (SSSR count). The fourth-order valence-corrected chi connectivity index (χ4v) is 2.21. The minimum Gasteiger partial charge on any atom is -0.465 e. The number of nitrogens with zero attached hydrogens (tertiary/aromatic N) is 2. The quantitative estimate of drug-likeness (QED) is 0.710. The summed E-state index contributed by atoms with van der Waals surface area (Å²) < 4.78 is 7.77. The molecule has 0 bridgehead atoms. The Morgan fingerprint density at radius 2 is 1.74 bits per heavy atom. The van der Waals surface area contributed by atoms with Gasteiger partial charge in [-0.25, -0.2) is 0 Å². The van der Waals surface area contributed by atoms with E-state index in [0.29, 0.717) is 12.6 Å². The highest BCUT2D eigenvalue weighted by Crippen LogP contribution is 2.22. The number of para-hydroxylation sites is 2. The summed E-state index contributed by atoms with van der Waals surface area (Å²) in [6.07, 6.45) is 0. The van der Waals surface area contributed by atoms with Crippen LogP contribution in [-0.4, -0.2) is 16.2 Å². The Morgan fingerprint density at radius 1 is 1.00 bits per heavy atom. The molecule has 0 N–H and O–H groups in total. The Balaban J connectivity index is 2.07. The van der Waals surface area contributed by atoms with Gasteiger partial charge in [-0.2, -0.15) is 4.98 Å². The molecule has 0 spiro atoms. The third-order valence-corrected chi connectivity index (χ3v) is 3.08. The van der Waals surface area contributed by atoms with Gasteiger partial charge in [0.15, 0.2) is 0 Å². The molecule has 0 radical (unpaired) electrons. The topological polar surface area (TPSA) is 27.1 Å². The average molecular weight is 252 g/mol. The van der Waals surface area contributed by atoms with Gasteiger partial charge in [0.2, 0.25) is 0 Å². The Kier molecular flexibility index (Phi) is 3.19. The van der Waals surface area contributed by atoms with E-state index in [0.717, 1.165) is 17.6 Å². The van der Waals surface area contributed by atoms with E-state index in [9.17, 15) is 0 Å². The molecule has 0 unspecified atom stereocenters. The zero-order valence-corrected chi connectivity index (χ0v) is 10.9. The summed E-state index contributed by atoms with van der Waals surface area (Å²) in [7, 11) is 0. The van der Waals surface area contributed by atoms with Crippen molar-refractivity contribution in [1.29, 1.82) is 0 Å². The molecule has 1 aromatic heterocycles. The van der Waals surface area contributed by atoms with Crippen molar-refractivity contribution in [3.63, 3.8) is 0 Å². The Labute approximate surface area is 112 Å². The van der Waals surface area contributed by atoms with Gasteiger partial charge in [0, 0.05) is 0 Å². The fourth-order valence-electron chi connectivity index (χ4n) is 2.21. The van der Waals surface area contributed by atoms with E-state index in [1.807, 2.05) is 31.2 Å². The second-order valence-corrected chi connectivity index (χ2v) is 4.39. The van der Waals surface area contributed by atoms with Crippen molar-refractivity contribution < 1.29 is 4.74 Å². The second-order valence-electron chi connectivity index (χ2n) is 4.39. The number of aromatic nitrogens is 2. The minimum atomic E-state index is 0.623. The van der Waals surface area contributed by atoms with Crippen molar-refractivity contribution in [1.82, 2.24) is 9.55 Å². The van der Waals surface area contributed by atoms with Crippen molar-refractivity contribution in [3.8, 4) is 6.01 Å². The molecule has 0 saturated carbocycles. The molecule has 0 atom stereocenters. The van der Waals surface area contributed by atoms with E-state index >= 15 is 0 Å². The molecule has 0 fully saturated rings. The highest BCUT2D eigenvalue weighted by molar-refractivity contribution is 5.76. The number of hydrogen-bond donors (Lipinski definition) is 0. The third-order valence-electron chi connectivity index (χ3n) is 3.08. The van der Waals surface area contributed by atoms with Gasteiger partial charge < -0.3 is 4.74 Å². The SMILES string of the molecule is CCOc1nc2ccccc2n1Cc1ccccc1. The molecule has 0 aliphatic heterocycles. The van der Waals surface area contributed by atoms with E-state index in [1.165, 1.54) is 5.56 Å². The second kappa shape index (κ2) is 5.14. The zero-order chi connectivity index (χ0) is 13.1. The molecule has 0 amide bonds. The summed E-state index contributed by atoms with van der Waals surface area (Å²) >= 11 is 0. The number of rotatable bonds is 4. The first-order chi connectivity index (χ1) is 9.38. The lowest BCUT2D eigenvalue weighted by molar-refractivity contribution is 0.301. The van der Waals surface area contributed by atoms with Gasteiger partial charge in [-0.15, -0.1) is 0 Å². The molecule has 3 heteroatoms. The number of benzene rings is 2. The molecule has 0 aliphatic rings. The summed E-state index contributed by atoms with van der Waals surface area (Å²) in [6.45, 7) is 3.38. The van der Waals surface area contributed by atoms with Crippen LogP contribution in [0.3, 0.4) is 0 Å². The van der Waals surface area contributed by atoms with Gasteiger partial charge in [0.25, 0.3) is 6.01 Å². The van der Waals surface area contributed by atoms with Gasteiger partial charge in [0.1, 0.15) is 0 Å². The Bertz CT molecular complexity index is 674. The van der Waals surface area contributed by atoms with Crippen LogP contribution in [0.1, 0.15) is 12.5 Å². The van der Waals surface area contributed by atoms with Gasteiger partial charge in [0.05, 0.1) is 24.2 Å². The number of imidazole rings is 1. The van der Waals surface area contributed by atoms with Crippen LogP contribution in [0.15, 0.2) is 54.6 Å². The summed E-state index contributed by atoms with van der Waals surface area (Å²) in [5.41, 5.74) is 3.32. The maximum absolute atomic E-state index is 5.65. The third kappa shape index (κ3) is 2.32. The van der Waals surface area contributed by atoms with Crippen molar-refractivity contribution in [3.05, 3.63) is 60.2 Å². The molecule has 3 aromatic rings. The van der Waals surface area contributed by atoms with Crippen LogP contribution in [-0.2, 0) is 6.54 Å². The van der Waals surface area contributed by atoms with E-state index in [-0.39, 0.29) is 0 Å². The number of hydrogen-bond acceptors (Lipinski definition) is 2. The molecular formula is C16H16N2O. The van der Waals surface area contributed by atoms with Crippen LogP contribution < -0.4 is 4.74 Å². The predicted molar refractivity (Wildman–Crippen MR) is 76.4 cm³/mol. The monoisotopic (exact) mass is 252 g/mol.